The molecular weight excluding hydrogens is 264 g/mol. The summed E-state index contributed by atoms with van der Waals surface area (Å²) in [6.07, 6.45) is 0. The number of halogens is 1. The van der Waals surface area contributed by atoms with Crippen molar-refractivity contribution in [1.82, 2.24) is 4.98 Å². The van der Waals surface area contributed by atoms with Crippen molar-refractivity contribution in [3.05, 3.63) is 22.8 Å². The molecule has 2 rings (SSSR count). The fourth-order valence-corrected chi connectivity index (χ4v) is 2.93. The average Bonchev–Trinajstić information content (AvgIpc) is 2.68. The Morgan fingerprint density at radius 2 is 1.95 bits per heavy atom. The molecule has 5 heteroatoms. The van der Waals surface area contributed by atoms with E-state index in [0.29, 0.717) is 22.6 Å². The Balaban J connectivity index is 2.06. The van der Waals surface area contributed by atoms with E-state index in [9.17, 15) is 4.79 Å². The molecule has 0 amide bonds. The van der Waals surface area contributed by atoms with Crippen LogP contribution in [0.4, 0.5) is 5.82 Å². The highest BCUT2D eigenvalue weighted by Gasteiger charge is 2.64. The van der Waals surface area contributed by atoms with Crippen LogP contribution in [0.3, 0.4) is 0 Å². The number of hydrogen-bond donors (Lipinski definition) is 2. The summed E-state index contributed by atoms with van der Waals surface area (Å²) in [5, 5.41) is 12.3. The maximum absolute atomic E-state index is 11.0. The van der Waals surface area contributed by atoms with E-state index in [2.05, 4.69) is 38.0 Å². The molecule has 1 aromatic rings. The van der Waals surface area contributed by atoms with Crippen molar-refractivity contribution in [2.75, 3.05) is 11.9 Å². The van der Waals surface area contributed by atoms with Gasteiger partial charge < -0.3 is 10.4 Å². The molecule has 104 valence electrons. The molecule has 0 unspecified atom stereocenters. The Labute approximate surface area is 118 Å². The fourth-order valence-electron chi connectivity index (χ4n) is 2.74. The Bertz CT molecular complexity index is 512. The van der Waals surface area contributed by atoms with E-state index >= 15 is 0 Å². The molecular formula is C14H19ClN2O2. The molecule has 19 heavy (non-hydrogen) atoms. The highest BCUT2D eigenvalue weighted by atomic mass is 35.5. The molecule has 0 bridgehead atoms. The highest BCUT2D eigenvalue weighted by Crippen LogP contribution is 2.68. The number of nitrogens with zero attached hydrogens (tertiary/aromatic N) is 1. The minimum Gasteiger partial charge on any atom is -0.476 e. The SMILES string of the molecule is CC1(C)C(CNc2ccc(Cl)c(C(=O)O)n2)C1(C)C. The zero-order valence-electron chi connectivity index (χ0n) is 11.6. The highest BCUT2D eigenvalue weighted by molar-refractivity contribution is 6.33. The lowest BCUT2D eigenvalue weighted by molar-refractivity contribution is 0.0691. The zero-order valence-corrected chi connectivity index (χ0v) is 12.4. The van der Waals surface area contributed by atoms with Crippen molar-refractivity contribution in [1.29, 1.82) is 0 Å². The first-order valence-corrected chi connectivity index (χ1v) is 6.69. The largest absolute Gasteiger partial charge is 0.476 e. The number of hydrogen-bond acceptors (Lipinski definition) is 3. The third-order valence-corrected chi connectivity index (χ3v) is 5.16. The number of carboxylic acid groups (broad SMARTS) is 1. The van der Waals surface area contributed by atoms with Crippen LogP contribution >= 0.6 is 11.6 Å². The van der Waals surface area contributed by atoms with Crippen molar-refractivity contribution >= 4 is 23.4 Å². The van der Waals surface area contributed by atoms with Crippen LogP contribution in [0.2, 0.25) is 5.02 Å². The fraction of sp³-hybridized carbons (Fsp3) is 0.571. The van der Waals surface area contributed by atoms with Crippen LogP contribution in [-0.2, 0) is 0 Å². The number of aromatic nitrogens is 1. The second-order valence-corrected chi connectivity index (χ2v) is 6.62. The number of nitrogens with one attached hydrogen (secondary N) is 1. The number of rotatable bonds is 4. The molecule has 1 aliphatic rings. The number of carbonyl (C=O) groups is 1. The van der Waals surface area contributed by atoms with E-state index in [4.69, 9.17) is 16.7 Å². The first kappa shape index (κ1) is 14.1. The lowest BCUT2D eigenvalue weighted by Gasteiger charge is -2.08. The van der Waals surface area contributed by atoms with Gasteiger partial charge >= 0.3 is 5.97 Å². The van der Waals surface area contributed by atoms with Gasteiger partial charge in [0.2, 0.25) is 0 Å². The van der Waals surface area contributed by atoms with Crippen LogP contribution in [0.25, 0.3) is 0 Å². The van der Waals surface area contributed by atoms with E-state index in [1.807, 2.05) is 0 Å². The lowest BCUT2D eigenvalue weighted by Crippen LogP contribution is -2.11. The minimum atomic E-state index is -1.11. The molecule has 0 spiro atoms. The van der Waals surface area contributed by atoms with E-state index in [0.717, 1.165) is 6.54 Å². The molecule has 1 aromatic heterocycles. The molecule has 2 N–H and O–H groups in total. The van der Waals surface area contributed by atoms with Crippen molar-refractivity contribution < 1.29 is 9.90 Å². The summed E-state index contributed by atoms with van der Waals surface area (Å²) in [5.74, 6) is -0.00760. The molecule has 0 atom stereocenters. The van der Waals surface area contributed by atoms with E-state index in [1.54, 1.807) is 12.1 Å². The Kier molecular flexibility index (Phi) is 3.25. The summed E-state index contributed by atoms with van der Waals surface area (Å²) in [6, 6.07) is 3.26. The molecule has 0 aromatic carbocycles. The summed E-state index contributed by atoms with van der Waals surface area (Å²) in [4.78, 5) is 15.0. The molecule has 0 radical (unpaired) electrons. The predicted octanol–water partition coefficient (Wildman–Crippen LogP) is 3.53. The van der Waals surface area contributed by atoms with E-state index < -0.39 is 5.97 Å². The third kappa shape index (κ3) is 2.29. The predicted molar refractivity (Wildman–Crippen MR) is 75.7 cm³/mol. The van der Waals surface area contributed by atoms with Crippen LogP contribution in [0.15, 0.2) is 12.1 Å². The lowest BCUT2D eigenvalue weighted by atomic mass is 10.0. The maximum atomic E-state index is 11.0. The maximum Gasteiger partial charge on any atom is 0.356 e. The van der Waals surface area contributed by atoms with Gasteiger partial charge in [-0.3, -0.25) is 0 Å². The van der Waals surface area contributed by atoms with Gasteiger partial charge in [0.1, 0.15) is 5.82 Å². The van der Waals surface area contributed by atoms with Crippen LogP contribution in [0.5, 0.6) is 0 Å². The number of pyridine rings is 1. The van der Waals surface area contributed by atoms with E-state index in [-0.39, 0.29) is 10.7 Å². The molecule has 1 heterocycles. The second kappa shape index (κ2) is 4.37. The molecule has 0 saturated heterocycles. The first-order chi connectivity index (χ1) is 8.68. The Morgan fingerprint density at radius 1 is 1.37 bits per heavy atom. The molecule has 0 aliphatic heterocycles. The summed E-state index contributed by atoms with van der Waals surface area (Å²) in [6.45, 7) is 9.77. The van der Waals surface area contributed by atoms with Crippen molar-refractivity contribution in [3.8, 4) is 0 Å². The second-order valence-electron chi connectivity index (χ2n) is 6.21. The van der Waals surface area contributed by atoms with Crippen LogP contribution < -0.4 is 5.32 Å². The van der Waals surface area contributed by atoms with Gasteiger partial charge in [-0.1, -0.05) is 39.3 Å². The standard InChI is InChI=1S/C14H19ClN2O2/c1-13(2)9(14(13,3)4)7-16-10-6-5-8(15)11(17-10)12(18)19/h5-6,9H,7H2,1-4H3,(H,16,17)(H,18,19). The normalized spacial score (nSPS) is 20.1. The van der Waals surface area contributed by atoms with Gasteiger partial charge in [0.05, 0.1) is 5.02 Å². The number of anilines is 1. The smallest absolute Gasteiger partial charge is 0.356 e. The van der Waals surface area contributed by atoms with Gasteiger partial charge in [-0.05, 0) is 28.9 Å². The summed E-state index contributed by atoms with van der Waals surface area (Å²) < 4.78 is 0. The third-order valence-electron chi connectivity index (χ3n) is 4.86. The van der Waals surface area contributed by atoms with Gasteiger partial charge in [-0.25, -0.2) is 9.78 Å². The van der Waals surface area contributed by atoms with Crippen molar-refractivity contribution in [3.63, 3.8) is 0 Å². The van der Waals surface area contributed by atoms with Crippen LogP contribution in [0, 0.1) is 16.7 Å². The number of carboxylic acids is 1. The van der Waals surface area contributed by atoms with Gasteiger partial charge in [-0.15, -0.1) is 0 Å². The summed E-state index contributed by atoms with van der Waals surface area (Å²) in [7, 11) is 0. The van der Waals surface area contributed by atoms with Crippen LogP contribution in [0.1, 0.15) is 38.2 Å². The average molecular weight is 283 g/mol. The minimum absolute atomic E-state index is 0.110. The first-order valence-electron chi connectivity index (χ1n) is 6.31. The van der Waals surface area contributed by atoms with Gasteiger partial charge in [0.15, 0.2) is 5.69 Å². The number of aromatic carboxylic acids is 1. The van der Waals surface area contributed by atoms with Crippen LogP contribution in [-0.4, -0.2) is 22.6 Å². The molecule has 4 nitrogen and oxygen atoms in total. The monoisotopic (exact) mass is 282 g/mol. The van der Waals surface area contributed by atoms with E-state index in [1.165, 1.54) is 0 Å². The summed E-state index contributed by atoms with van der Waals surface area (Å²) >= 11 is 5.79. The Morgan fingerprint density at radius 3 is 2.42 bits per heavy atom. The van der Waals surface area contributed by atoms with Crippen molar-refractivity contribution in [2.45, 2.75) is 27.7 Å². The topological polar surface area (TPSA) is 62.2 Å². The molecule has 1 saturated carbocycles. The zero-order chi connectivity index (χ0) is 14.4. The molecule has 1 aliphatic carbocycles. The Hall–Kier alpha value is -1.29. The van der Waals surface area contributed by atoms with Crippen molar-refractivity contribution in [2.24, 2.45) is 16.7 Å². The quantitative estimate of drug-likeness (QED) is 0.887. The van der Waals surface area contributed by atoms with Gasteiger partial charge in [0, 0.05) is 6.54 Å². The van der Waals surface area contributed by atoms with Gasteiger partial charge in [-0.2, -0.15) is 0 Å². The van der Waals surface area contributed by atoms with Gasteiger partial charge in [0.25, 0.3) is 0 Å². The molecule has 1 fully saturated rings. The summed E-state index contributed by atoms with van der Waals surface area (Å²) in [5.41, 5.74) is 0.477.